The molecule has 0 bridgehead atoms. The fraction of sp³-hybridized carbons (Fsp3) is 0.308. The monoisotopic (exact) mass is 309 g/mol. The lowest BCUT2D eigenvalue weighted by Crippen LogP contribution is -2.18. The predicted molar refractivity (Wildman–Crippen MR) is 76.6 cm³/mol. The van der Waals surface area contributed by atoms with Gasteiger partial charge in [-0.25, -0.2) is 4.98 Å². The Morgan fingerprint density at radius 2 is 2.11 bits per heavy atom. The van der Waals surface area contributed by atoms with Crippen molar-refractivity contribution in [2.75, 3.05) is 17.7 Å². The molecule has 18 heavy (non-hydrogen) atoms. The molecule has 0 fully saturated rings. The topological polar surface area (TPSA) is 55.3 Å². The third-order valence-electron chi connectivity index (χ3n) is 2.84. The molecule has 0 spiro atoms. The van der Waals surface area contributed by atoms with E-state index in [2.05, 4.69) is 20.9 Å². The molecule has 2 aromatic heterocycles. The van der Waals surface area contributed by atoms with Crippen molar-refractivity contribution in [2.45, 2.75) is 20.4 Å². The third kappa shape index (κ3) is 2.51. The standard InChI is InChI=1S/C13H16BrN3O/c1-8-4-5-10(18-8)7-17(3)13-12(14)9(2)11(15)6-16-13/h4-6H,7,15H2,1-3H3. The number of furan rings is 1. The fourth-order valence-corrected chi connectivity index (χ4v) is 2.36. The van der Waals surface area contributed by atoms with Crippen LogP contribution in [0.4, 0.5) is 11.5 Å². The van der Waals surface area contributed by atoms with Gasteiger partial charge in [0, 0.05) is 7.05 Å². The van der Waals surface area contributed by atoms with Crippen molar-refractivity contribution < 1.29 is 4.42 Å². The van der Waals surface area contributed by atoms with Crippen molar-refractivity contribution in [2.24, 2.45) is 0 Å². The molecule has 0 radical (unpaired) electrons. The van der Waals surface area contributed by atoms with Gasteiger partial charge in [0.05, 0.1) is 22.9 Å². The van der Waals surface area contributed by atoms with Crippen LogP contribution in [-0.2, 0) is 6.54 Å². The van der Waals surface area contributed by atoms with E-state index in [0.717, 1.165) is 27.4 Å². The Morgan fingerprint density at radius 1 is 1.39 bits per heavy atom. The molecule has 2 aromatic rings. The zero-order valence-electron chi connectivity index (χ0n) is 10.7. The molecule has 0 atom stereocenters. The van der Waals surface area contributed by atoms with Crippen LogP contribution in [-0.4, -0.2) is 12.0 Å². The van der Waals surface area contributed by atoms with Crippen molar-refractivity contribution in [3.05, 3.63) is 39.9 Å². The molecule has 0 aromatic carbocycles. The van der Waals surface area contributed by atoms with Crippen LogP contribution in [0.15, 0.2) is 27.2 Å². The SMILES string of the molecule is Cc1ccc(CN(C)c2ncc(N)c(C)c2Br)o1. The smallest absolute Gasteiger partial charge is 0.143 e. The first kappa shape index (κ1) is 13.0. The molecule has 0 aliphatic carbocycles. The number of aryl methyl sites for hydroxylation is 1. The van der Waals surface area contributed by atoms with Gasteiger partial charge in [0.15, 0.2) is 0 Å². The van der Waals surface area contributed by atoms with Gasteiger partial charge in [-0.1, -0.05) is 0 Å². The van der Waals surface area contributed by atoms with E-state index in [1.165, 1.54) is 0 Å². The molecule has 0 aliphatic rings. The zero-order chi connectivity index (χ0) is 13.3. The van der Waals surface area contributed by atoms with Gasteiger partial charge in [-0.15, -0.1) is 0 Å². The number of hydrogen-bond acceptors (Lipinski definition) is 4. The molecular formula is C13H16BrN3O. The van der Waals surface area contributed by atoms with E-state index in [0.29, 0.717) is 12.2 Å². The Labute approximate surface area is 115 Å². The zero-order valence-corrected chi connectivity index (χ0v) is 12.3. The van der Waals surface area contributed by atoms with Crippen LogP contribution in [0.25, 0.3) is 0 Å². The van der Waals surface area contributed by atoms with Crippen molar-refractivity contribution in [3.63, 3.8) is 0 Å². The number of nitrogens with two attached hydrogens (primary N) is 1. The summed E-state index contributed by atoms with van der Waals surface area (Å²) in [5, 5.41) is 0. The summed E-state index contributed by atoms with van der Waals surface area (Å²) in [4.78, 5) is 6.38. The number of halogens is 1. The minimum Gasteiger partial charge on any atom is -0.464 e. The average molecular weight is 310 g/mol. The summed E-state index contributed by atoms with van der Waals surface area (Å²) in [6.07, 6.45) is 1.68. The first-order chi connectivity index (χ1) is 8.49. The molecule has 0 aliphatic heterocycles. The molecule has 0 unspecified atom stereocenters. The summed E-state index contributed by atoms with van der Waals surface area (Å²) in [5.74, 6) is 2.69. The summed E-state index contributed by atoms with van der Waals surface area (Å²) in [5.41, 5.74) is 7.51. The van der Waals surface area contributed by atoms with Crippen LogP contribution in [0, 0.1) is 13.8 Å². The van der Waals surface area contributed by atoms with E-state index in [1.807, 2.05) is 37.9 Å². The highest BCUT2D eigenvalue weighted by Gasteiger charge is 2.13. The summed E-state index contributed by atoms with van der Waals surface area (Å²) >= 11 is 3.54. The normalized spacial score (nSPS) is 10.7. The summed E-state index contributed by atoms with van der Waals surface area (Å²) in [6, 6.07) is 3.93. The van der Waals surface area contributed by atoms with Crippen molar-refractivity contribution in [3.8, 4) is 0 Å². The van der Waals surface area contributed by atoms with Crippen LogP contribution in [0.5, 0.6) is 0 Å². The predicted octanol–water partition coefficient (Wildman–Crippen LogP) is 3.27. The minimum atomic E-state index is 0.669. The Hall–Kier alpha value is -1.49. The molecule has 0 amide bonds. The number of nitrogen functional groups attached to an aromatic ring is 1. The Balaban J connectivity index is 2.24. The van der Waals surface area contributed by atoms with Gasteiger partial charge >= 0.3 is 0 Å². The number of hydrogen-bond donors (Lipinski definition) is 1. The Kier molecular flexibility index (Phi) is 3.61. The first-order valence-electron chi connectivity index (χ1n) is 5.66. The number of rotatable bonds is 3. The van der Waals surface area contributed by atoms with Crippen LogP contribution in [0.3, 0.4) is 0 Å². The first-order valence-corrected chi connectivity index (χ1v) is 6.45. The van der Waals surface area contributed by atoms with Gasteiger partial charge in [-0.05, 0) is 47.5 Å². The van der Waals surface area contributed by atoms with E-state index in [4.69, 9.17) is 10.2 Å². The summed E-state index contributed by atoms with van der Waals surface area (Å²) in [7, 11) is 1.97. The van der Waals surface area contributed by atoms with E-state index < -0.39 is 0 Å². The van der Waals surface area contributed by atoms with Crippen LogP contribution < -0.4 is 10.6 Å². The number of aromatic nitrogens is 1. The second-order valence-corrected chi connectivity index (χ2v) is 5.14. The van der Waals surface area contributed by atoms with Crippen molar-refractivity contribution in [1.82, 2.24) is 4.98 Å². The number of nitrogens with zero attached hydrogens (tertiary/aromatic N) is 2. The van der Waals surface area contributed by atoms with Crippen LogP contribution in [0.2, 0.25) is 0 Å². The molecule has 96 valence electrons. The molecule has 4 nitrogen and oxygen atoms in total. The minimum absolute atomic E-state index is 0.669. The van der Waals surface area contributed by atoms with Gasteiger partial charge in [0.1, 0.15) is 17.3 Å². The maximum Gasteiger partial charge on any atom is 0.143 e. The van der Waals surface area contributed by atoms with E-state index in [9.17, 15) is 0 Å². The van der Waals surface area contributed by atoms with Crippen molar-refractivity contribution >= 4 is 27.4 Å². The van der Waals surface area contributed by atoms with E-state index >= 15 is 0 Å². The lowest BCUT2D eigenvalue weighted by molar-refractivity contribution is 0.481. The second kappa shape index (κ2) is 5.02. The van der Waals surface area contributed by atoms with Crippen LogP contribution in [0.1, 0.15) is 17.1 Å². The maximum atomic E-state index is 5.82. The molecule has 0 saturated heterocycles. The van der Waals surface area contributed by atoms with Gasteiger partial charge in [0.25, 0.3) is 0 Å². The number of pyridine rings is 1. The highest BCUT2D eigenvalue weighted by molar-refractivity contribution is 9.10. The maximum absolute atomic E-state index is 5.82. The number of anilines is 2. The Bertz CT molecular complexity index is 565. The molecule has 2 rings (SSSR count). The van der Waals surface area contributed by atoms with Crippen LogP contribution >= 0.6 is 15.9 Å². The van der Waals surface area contributed by atoms with Crippen molar-refractivity contribution in [1.29, 1.82) is 0 Å². The molecular weight excluding hydrogens is 294 g/mol. The van der Waals surface area contributed by atoms with Gasteiger partial charge in [0.2, 0.25) is 0 Å². The highest BCUT2D eigenvalue weighted by atomic mass is 79.9. The third-order valence-corrected chi connectivity index (χ3v) is 3.78. The van der Waals surface area contributed by atoms with E-state index in [1.54, 1.807) is 6.20 Å². The van der Waals surface area contributed by atoms with Gasteiger partial charge < -0.3 is 15.1 Å². The molecule has 5 heteroatoms. The summed E-state index contributed by atoms with van der Waals surface area (Å²) in [6.45, 7) is 4.57. The van der Waals surface area contributed by atoms with Gasteiger partial charge in [-0.2, -0.15) is 0 Å². The largest absolute Gasteiger partial charge is 0.464 e. The lowest BCUT2D eigenvalue weighted by atomic mass is 10.2. The molecule has 2 N–H and O–H groups in total. The summed E-state index contributed by atoms with van der Waals surface area (Å²) < 4.78 is 6.48. The Morgan fingerprint density at radius 3 is 2.72 bits per heavy atom. The highest BCUT2D eigenvalue weighted by Crippen LogP contribution is 2.30. The fourth-order valence-electron chi connectivity index (χ4n) is 1.72. The average Bonchev–Trinajstić information content (AvgIpc) is 2.71. The van der Waals surface area contributed by atoms with E-state index in [-0.39, 0.29) is 0 Å². The quantitative estimate of drug-likeness (QED) is 0.945. The lowest BCUT2D eigenvalue weighted by Gasteiger charge is -2.19. The van der Waals surface area contributed by atoms with Gasteiger partial charge in [-0.3, -0.25) is 0 Å². The molecule has 2 heterocycles. The molecule has 0 saturated carbocycles. The second-order valence-electron chi connectivity index (χ2n) is 4.34.